The van der Waals surface area contributed by atoms with E-state index in [-0.39, 0.29) is 5.41 Å². The van der Waals surface area contributed by atoms with E-state index in [4.69, 9.17) is 5.10 Å². The van der Waals surface area contributed by atoms with Crippen molar-refractivity contribution in [3.8, 4) is 0 Å². The van der Waals surface area contributed by atoms with Crippen molar-refractivity contribution in [3.63, 3.8) is 0 Å². The molecule has 0 bridgehead atoms. The third-order valence-electron chi connectivity index (χ3n) is 5.95. The van der Waals surface area contributed by atoms with Crippen molar-refractivity contribution in [2.75, 3.05) is 5.32 Å². The Morgan fingerprint density at radius 3 is 2.03 bits per heavy atom. The van der Waals surface area contributed by atoms with Crippen LogP contribution < -0.4 is 5.32 Å². The highest BCUT2D eigenvalue weighted by molar-refractivity contribution is 5.76. The number of para-hydroxylation sites is 1. The number of nitrogens with one attached hydrogen (secondary N) is 1. The molecule has 156 valence electrons. The molecule has 0 fully saturated rings. The van der Waals surface area contributed by atoms with Gasteiger partial charge in [-0.05, 0) is 29.3 Å². The lowest BCUT2D eigenvalue weighted by atomic mass is 9.68. The highest BCUT2D eigenvalue weighted by Gasteiger charge is 2.37. The average molecular weight is 418 g/mol. The monoisotopic (exact) mass is 417 g/mol. The molecule has 0 amide bonds. The topological polar surface area (TPSA) is 46.9 Å². The molecule has 1 heterocycles. The summed E-state index contributed by atoms with van der Waals surface area (Å²) in [6, 6.07) is 31.1. The van der Waals surface area contributed by atoms with Crippen LogP contribution in [0.2, 0.25) is 0 Å². The normalized spacial score (nSPS) is 14.2. The van der Waals surface area contributed by atoms with Gasteiger partial charge in [0.25, 0.3) is 0 Å². The zero-order chi connectivity index (χ0) is 21.8. The van der Waals surface area contributed by atoms with E-state index in [2.05, 4.69) is 66.0 Å². The molecule has 32 heavy (non-hydrogen) atoms. The average Bonchev–Trinajstić information content (AvgIpc) is 3.20. The third-order valence-corrected chi connectivity index (χ3v) is 5.95. The maximum Gasteiger partial charge on any atom is 0.160 e. The zero-order valence-electron chi connectivity index (χ0n) is 17.6. The number of allylic oxidation sites excluding steroid dienone is 2. The van der Waals surface area contributed by atoms with Gasteiger partial charge in [-0.3, -0.25) is 4.79 Å². The summed E-state index contributed by atoms with van der Waals surface area (Å²) in [6.07, 6.45) is 9.14. The molecule has 4 nitrogen and oxygen atoms in total. The van der Waals surface area contributed by atoms with Crippen LogP contribution in [0.3, 0.4) is 0 Å². The fraction of sp³-hybridized carbons (Fsp3) is 0.0714. The summed E-state index contributed by atoms with van der Waals surface area (Å²) >= 11 is 0. The summed E-state index contributed by atoms with van der Waals surface area (Å²) in [5, 5.41) is 8.22. The van der Waals surface area contributed by atoms with Gasteiger partial charge in [0, 0.05) is 29.3 Å². The molecule has 0 saturated carbocycles. The molecule has 1 aliphatic carbocycles. The van der Waals surface area contributed by atoms with Gasteiger partial charge >= 0.3 is 0 Å². The van der Waals surface area contributed by atoms with E-state index in [1.807, 2.05) is 47.1 Å². The second kappa shape index (κ2) is 8.52. The van der Waals surface area contributed by atoms with Crippen molar-refractivity contribution in [1.29, 1.82) is 0 Å². The number of anilines is 2. The van der Waals surface area contributed by atoms with Crippen molar-refractivity contribution in [1.82, 2.24) is 9.78 Å². The molecular weight excluding hydrogens is 394 g/mol. The fourth-order valence-electron chi connectivity index (χ4n) is 4.41. The van der Waals surface area contributed by atoms with Gasteiger partial charge in [0.1, 0.15) is 6.29 Å². The van der Waals surface area contributed by atoms with Crippen LogP contribution in [-0.4, -0.2) is 16.1 Å². The quantitative estimate of drug-likeness (QED) is 0.316. The van der Waals surface area contributed by atoms with E-state index in [0.29, 0.717) is 0 Å². The Morgan fingerprint density at radius 1 is 0.844 bits per heavy atom. The van der Waals surface area contributed by atoms with Gasteiger partial charge in [-0.25, -0.2) is 4.68 Å². The third kappa shape index (κ3) is 3.56. The first-order valence-electron chi connectivity index (χ1n) is 10.7. The minimum atomic E-state index is -0.327. The van der Waals surface area contributed by atoms with E-state index in [9.17, 15) is 4.79 Å². The molecule has 3 aromatic carbocycles. The Bertz CT molecular complexity index is 1230. The Labute approximate surface area is 187 Å². The standard InChI is InChI=1S/C28H23N3O/c32-20-10-19-31-26-21-28(22-11-4-1-5-12-22,23-13-6-2-7-14-23)18-17-25(26)27(30-31)29-24-15-8-3-9-16-24/h1-20H,21H2,(H,29,30). The van der Waals surface area contributed by atoms with Gasteiger partial charge < -0.3 is 5.32 Å². The van der Waals surface area contributed by atoms with E-state index >= 15 is 0 Å². The minimum absolute atomic E-state index is 0.327. The minimum Gasteiger partial charge on any atom is -0.338 e. The second-order valence-electron chi connectivity index (χ2n) is 7.84. The number of carbonyl (C=O) groups excluding carboxylic acids is 1. The van der Waals surface area contributed by atoms with Gasteiger partial charge in [0.05, 0.1) is 5.69 Å². The number of nitrogens with zero attached hydrogens (tertiary/aromatic N) is 2. The number of hydrogen-bond acceptors (Lipinski definition) is 3. The number of aldehydes is 1. The Balaban J connectivity index is 1.66. The van der Waals surface area contributed by atoms with E-state index in [1.165, 1.54) is 17.2 Å². The van der Waals surface area contributed by atoms with Gasteiger partial charge in [0.15, 0.2) is 5.82 Å². The summed E-state index contributed by atoms with van der Waals surface area (Å²) in [5.41, 5.74) is 5.17. The smallest absolute Gasteiger partial charge is 0.160 e. The van der Waals surface area contributed by atoms with Gasteiger partial charge in [0.2, 0.25) is 0 Å². The number of hydrogen-bond donors (Lipinski definition) is 1. The number of benzene rings is 3. The molecule has 0 aliphatic heterocycles. The van der Waals surface area contributed by atoms with Crippen LogP contribution >= 0.6 is 0 Å². The van der Waals surface area contributed by atoms with E-state index in [1.54, 1.807) is 6.20 Å². The fourth-order valence-corrected chi connectivity index (χ4v) is 4.41. The highest BCUT2D eigenvalue weighted by atomic mass is 16.1. The van der Waals surface area contributed by atoms with Crippen molar-refractivity contribution in [3.05, 3.63) is 126 Å². The summed E-state index contributed by atoms with van der Waals surface area (Å²) in [4.78, 5) is 11.1. The van der Waals surface area contributed by atoms with Crippen molar-refractivity contribution in [2.24, 2.45) is 0 Å². The van der Waals surface area contributed by atoms with E-state index in [0.717, 1.165) is 35.5 Å². The van der Waals surface area contributed by atoms with Crippen LogP contribution in [0.15, 0.2) is 103 Å². The molecule has 5 rings (SSSR count). The van der Waals surface area contributed by atoms with Gasteiger partial charge in [-0.1, -0.05) is 91.0 Å². The van der Waals surface area contributed by atoms with Crippen molar-refractivity contribution >= 4 is 30.1 Å². The number of carbonyl (C=O) groups is 1. The Hall–Kier alpha value is -4.18. The molecule has 1 aliphatic rings. The Kier molecular flexibility index (Phi) is 5.26. The summed E-state index contributed by atoms with van der Waals surface area (Å²) < 4.78 is 1.82. The largest absolute Gasteiger partial charge is 0.338 e. The number of fused-ring (bicyclic) bond motifs is 1. The maximum absolute atomic E-state index is 11.1. The van der Waals surface area contributed by atoms with Crippen LogP contribution in [0, 0.1) is 0 Å². The van der Waals surface area contributed by atoms with Crippen LogP contribution in [-0.2, 0) is 16.6 Å². The van der Waals surface area contributed by atoms with Gasteiger partial charge in [-0.2, -0.15) is 0 Å². The Morgan fingerprint density at radius 2 is 1.44 bits per heavy atom. The highest BCUT2D eigenvalue weighted by Crippen LogP contribution is 2.43. The van der Waals surface area contributed by atoms with Crippen LogP contribution in [0.25, 0.3) is 12.3 Å². The SMILES string of the molecule is O=CC=Cn1nc(Nc2ccccc2)c2c1CC(c1ccccc1)(c1ccccc1)C=C2. The molecular formula is C28H23N3O. The molecule has 1 N–H and O–H groups in total. The second-order valence-corrected chi connectivity index (χ2v) is 7.84. The lowest BCUT2D eigenvalue weighted by molar-refractivity contribution is -0.104. The molecule has 0 spiro atoms. The molecule has 4 heteroatoms. The van der Waals surface area contributed by atoms with Crippen LogP contribution in [0.5, 0.6) is 0 Å². The number of rotatable bonds is 6. The lowest BCUT2D eigenvalue weighted by Gasteiger charge is -2.35. The predicted molar refractivity (Wildman–Crippen MR) is 130 cm³/mol. The molecule has 4 aromatic rings. The zero-order valence-corrected chi connectivity index (χ0v) is 17.6. The molecule has 0 radical (unpaired) electrons. The maximum atomic E-state index is 11.1. The van der Waals surface area contributed by atoms with Crippen LogP contribution in [0.1, 0.15) is 22.4 Å². The summed E-state index contributed by atoms with van der Waals surface area (Å²) in [6.45, 7) is 0. The van der Waals surface area contributed by atoms with Crippen molar-refractivity contribution < 1.29 is 4.79 Å². The molecule has 0 unspecified atom stereocenters. The molecule has 1 aromatic heterocycles. The van der Waals surface area contributed by atoms with Crippen LogP contribution in [0.4, 0.5) is 11.5 Å². The summed E-state index contributed by atoms with van der Waals surface area (Å²) in [5.74, 6) is 0.771. The number of aromatic nitrogens is 2. The first kappa shape index (κ1) is 19.8. The first-order valence-corrected chi connectivity index (χ1v) is 10.7. The lowest BCUT2D eigenvalue weighted by Crippen LogP contribution is -2.31. The van der Waals surface area contributed by atoms with Gasteiger partial charge in [-0.15, -0.1) is 5.10 Å². The van der Waals surface area contributed by atoms with E-state index < -0.39 is 0 Å². The molecule has 0 saturated heterocycles. The predicted octanol–water partition coefficient (Wildman–Crippen LogP) is 5.85. The van der Waals surface area contributed by atoms with Crippen molar-refractivity contribution in [2.45, 2.75) is 11.8 Å². The first-order chi connectivity index (χ1) is 15.8. The molecule has 0 atom stereocenters. The summed E-state index contributed by atoms with van der Waals surface area (Å²) in [7, 11) is 0.